The molecule has 1 heterocycles. The predicted octanol–water partition coefficient (Wildman–Crippen LogP) is 2.43. The summed E-state index contributed by atoms with van der Waals surface area (Å²) in [4.78, 5) is 4.68. The molecule has 0 bridgehead atoms. The molecule has 0 unspecified atom stereocenters. The van der Waals surface area contributed by atoms with Crippen molar-refractivity contribution in [3.8, 4) is 0 Å². The first-order valence-corrected chi connectivity index (χ1v) is 9.46. The van der Waals surface area contributed by atoms with Gasteiger partial charge in [0.25, 0.3) is 0 Å². The molecule has 1 aromatic heterocycles. The highest BCUT2D eigenvalue weighted by molar-refractivity contribution is 7.89. The number of sulfonamides is 1. The third-order valence-electron chi connectivity index (χ3n) is 2.90. The summed E-state index contributed by atoms with van der Waals surface area (Å²) in [5.41, 5.74) is 1.94. The summed E-state index contributed by atoms with van der Waals surface area (Å²) in [6, 6.07) is 6.86. The van der Waals surface area contributed by atoms with Crippen molar-refractivity contribution in [2.45, 2.75) is 44.8 Å². The van der Waals surface area contributed by atoms with Crippen LogP contribution in [0.15, 0.2) is 34.5 Å². The fraction of sp³-hybridized carbons (Fsp3) is 0.400. The summed E-state index contributed by atoms with van der Waals surface area (Å²) in [6.45, 7) is 6.86. The van der Waals surface area contributed by atoms with Crippen LogP contribution in [0.5, 0.6) is 0 Å². The van der Waals surface area contributed by atoms with E-state index in [4.69, 9.17) is 0 Å². The van der Waals surface area contributed by atoms with Gasteiger partial charge in [0, 0.05) is 24.5 Å². The second-order valence-electron chi connectivity index (χ2n) is 5.38. The molecule has 0 saturated carbocycles. The largest absolute Gasteiger partial charge is 0.307 e. The van der Waals surface area contributed by atoms with Gasteiger partial charge in [-0.25, -0.2) is 18.1 Å². The maximum atomic E-state index is 12.2. The second kappa shape index (κ2) is 7.32. The van der Waals surface area contributed by atoms with Crippen LogP contribution < -0.4 is 10.0 Å². The summed E-state index contributed by atoms with van der Waals surface area (Å²) in [5, 5.41) is 6.35. The van der Waals surface area contributed by atoms with E-state index < -0.39 is 10.0 Å². The lowest BCUT2D eigenvalue weighted by Gasteiger charge is -2.11. The van der Waals surface area contributed by atoms with E-state index in [0.29, 0.717) is 18.0 Å². The Labute approximate surface area is 135 Å². The van der Waals surface area contributed by atoms with Crippen LogP contribution in [0.2, 0.25) is 0 Å². The van der Waals surface area contributed by atoms with Gasteiger partial charge in [-0.15, -0.1) is 11.3 Å². The molecule has 0 amide bonds. The molecule has 0 aliphatic heterocycles. The average Bonchev–Trinajstić information content (AvgIpc) is 2.83. The van der Waals surface area contributed by atoms with E-state index in [1.165, 1.54) is 0 Å². The van der Waals surface area contributed by atoms with Gasteiger partial charge in [0.15, 0.2) is 0 Å². The number of thiazole rings is 1. The van der Waals surface area contributed by atoms with Gasteiger partial charge < -0.3 is 5.32 Å². The third-order valence-corrected chi connectivity index (χ3v) is 5.38. The predicted molar refractivity (Wildman–Crippen MR) is 89.3 cm³/mol. The number of hydrogen-bond donors (Lipinski definition) is 2. The Morgan fingerprint density at radius 1 is 1.27 bits per heavy atom. The standard InChI is InChI=1S/C15H21N3O2S2/c1-11(2)18-22(19,20)15-6-4-5-13(7-15)8-16-9-14-10-21-12(3)17-14/h4-7,10-11,16,18H,8-9H2,1-3H3. The van der Waals surface area contributed by atoms with Crippen LogP contribution in [-0.4, -0.2) is 19.4 Å². The molecule has 2 rings (SSSR count). The Bertz CT molecular complexity index is 724. The van der Waals surface area contributed by atoms with E-state index >= 15 is 0 Å². The maximum Gasteiger partial charge on any atom is 0.240 e. The molecule has 0 radical (unpaired) electrons. The van der Waals surface area contributed by atoms with E-state index in [1.807, 2.05) is 18.4 Å². The number of nitrogens with one attached hydrogen (secondary N) is 2. The van der Waals surface area contributed by atoms with Gasteiger partial charge in [-0.2, -0.15) is 0 Å². The fourth-order valence-electron chi connectivity index (χ4n) is 2.03. The van der Waals surface area contributed by atoms with Crippen LogP contribution in [0.25, 0.3) is 0 Å². The molecule has 7 heteroatoms. The molecular weight excluding hydrogens is 318 g/mol. The van der Waals surface area contributed by atoms with Gasteiger partial charge in [-0.1, -0.05) is 12.1 Å². The Hall–Kier alpha value is -1.28. The van der Waals surface area contributed by atoms with E-state index in [9.17, 15) is 8.42 Å². The first kappa shape index (κ1) is 17.1. The number of aromatic nitrogens is 1. The van der Waals surface area contributed by atoms with Crippen molar-refractivity contribution < 1.29 is 8.42 Å². The molecule has 2 aromatic rings. The zero-order valence-corrected chi connectivity index (χ0v) is 14.6. The van der Waals surface area contributed by atoms with Crippen molar-refractivity contribution in [3.63, 3.8) is 0 Å². The average molecular weight is 339 g/mol. The van der Waals surface area contributed by atoms with Gasteiger partial charge in [-0.05, 0) is 38.5 Å². The van der Waals surface area contributed by atoms with Crippen molar-refractivity contribution in [3.05, 3.63) is 45.9 Å². The van der Waals surface area contributed by atoms with Gasteiger partial charge in [0.05, 0.1) is 15.6 Å². The van der Waals surface area contributed by atoms with E-state index in [0.717, 1.165) is 16.3 Å². The zero-order chi connectivity index (χ0) is 16.2. The Kier molecular flexibility index (Phi) is 5.69. The van der Waals surface area contributed by atoms with Crippen molar-refractivity contribution in [2.75, 3.05) is 0 Å². The topological polar surface area (TPSA) is 71.1 Å². The molecule has 22 heavy (non-hydrogen) atoms. The smallest absolute Gasteiger partial charge is 0.240 e. The molecule has 1 aromatic carbocycles. The number of benzene rings is 1. The van der Waals surface area contributed by atoms with Crippen molar-refractivity contribution >= 4 is 21.4 Å². The molecule has 5 nitrogen and oxygen atoms in total. The molecule has 120 valence electrons. The highest BCUT2D eigenvalue weighted by atomic mass is 32.2. The highest BCUT2D eigenvalue weighted by Crippen LogP contribution is 2.12. The van der Waals surface area contributed by atoms with Crippen LogP contribution in [0, 0.1) is 6.92 Å². The lowest BCUT2D eigenvalue weighted by Crippen LogP contribution is -2.30. The lowest BCUT2D eigenvalue weighted by atomic mass is 10.2. The molecule has 2 N–H and O–H groups in total. The fourth-order valence-corrected chi connectivity index (χ4v) is 3.96. The molecule has 0 aliphatic carbocycles. The molecule has 0 atom stereocenters. The number of hydrogen-bond acceptors (Lipinski definition) is 5. The molecule has 0 saturated heterocycles. The Balaban J connectivity index is 1.99. The number of aryl methyl sites for hydroxylation is 1. The summed E-state index contributed by atoms with van der Waals surface area (Å²) in [7, 11) is -3.44. The minimum atomic E-state index is -3.44. The minimum Gasteiger partial charge on any atom is -0.307 e. The van der Waals surface area contributed by atoms with Crippen molar-refractivity contribution in [1.29, 1.82) is 0 Å². The van der Waals surface area contributed by atoms with Gasteiger partial charge >= 0.3 is 0 Å². The summed E-state index contributed by atoms with van der Waals surface area (Å²) < 4.78 is 26.9. The summed E-state index contributed by atoms with van der Waals surface area (Å²) in [5.74, 6) is 0. The number of nitrogens with zero attached hydrogens (tertiary/aromatic N) is 1. The Morgan fingerprint density at radius 3 is 2.68 bits per heavy atom. The summed E-state index contributed by atoms with van der Waals surface area (Å²) in [6.07, 6.45) is 0. The quantitative estimate of drug-likeness (QED) is 0.813. The first-order valence-electron chi connectivity index (χ1n) is 7.10. The van der Waals surface area contributed by atoms with Crippen LogP contribution in [-0.2, 0) is 23.1 Å². The van der Waals surface area contributed by atoms with Crippen LogP contribution >= 0.6 is 11.3 Å². The van der Waals surface area contributed by atoms with Crippen molar-refractivity contribution in [1.82, 2.24) is 15.0 Å². The molecular formula is C15H21N3O2S2. The lowest BCUT2D eigenvalue weighted by molar-refractivity contribution is 0.569. The Morgan fingerprint density at radius 2 is 2.05 bits per heavy atom. The van der Waals surface area contributed by atoms with Crippen LogP contribution in [0.1, 0.15) is 30.1 Å². The number of rotatable bonds is 7. The van der Waals surface area contributed by atoms with Crippen LogP contribution in [0.3, 0.4) is 0 Å². The third kappa shape index (κ3) is 4.88. The second-order valence-corrected chi connectivity index (χ2v) is 8.16. The normalized spacial score (nSPS) is 12.0. The van der Waals surface area contributed by atoms with E-state index in [1.54, 1.807) is 43.4 Å². The van der Waals surface area contributed by atoms with E-state index in [2.05, 4.69) is 15.0 Å². The highest BCUT2D eigenvalue weighted by Gasteiger charge is 2.15. The first-order chi connectivity index (χ1) is 10.4. The monoisotopic (exact) mass is 339 g/mol. The van der Waals surface area contributed by atoms with Crippen molar-refractivity contribution in [2.24, 2.45) is 0 Å². The summed E-state index contributed by atoms with van der Waals surface area (Å²) >= 11 is 1.62. The van der Waals surface area contributed by atoms with Gasteiger partial charge in [0.1, 0.15) is 0 Å². The van der Waals surface area contributed by atoms with E-state index in [-0.39, 0.29) is 6.04 Å². The van der Waals surface area contributed by atoms with Gasteiger partial charge in [0.2, 0.25) is 10.0 Å². The SMILES string of the molecule is Cc1nc(CNCc2cccc(S(=O)(=O)NC(C)C)c2)cs1. The molecule has 0 fully saturated rings. The zero-order valence-electron chi connectivity index (χ0n) is 13.0. The van der Waals surface area contributed by atoms with Gasteiger partial charge in [-0.3, -0.25) is 0 Å². The molecule has 0 spiro atoms. The van der Waals surface area contributed by atoms with Crippen LogP contribution in [0.4, 0.5) is 0 Å². The maximum absolute atomic E-state index is 12.2. The minimum absolute atomic E-state index is 0.125. The molecule has 0 aliphatic rings.